The van der Waals surface area contributed by atoms with E-state index in [1.54, 1.807) is 36.4 Å². The predicted molar refractivity (Wildman–Crippen MR) is 106 cm³/mol. The van der Waals surface area contributed by atoms with Crippen molar-refractivity contribution in [1.82, 2.24) is 15.5 Å². The Hall–Kier alpha value is -3.09. The first kappa shape index (κ1) is 19.2. The van der Waals surface area contributed by atoms with Gasteiger partial charge in [-0.25, -0.2) is 8.78 Å². The van der Waals surface area contributed by atoms with Crippen LogP contribution >= 0.6 is 11.6 Å². The number of rotatable bonds is 6. The molecule has 0 bridgehead atoms. The summed E-state index contributed by atoms with van der Waals surface area (Å²) in [6, 6.07) is 18.9. The van der Waals surface area contributed by atoms with Gasteiger partial charge in [0.05, 0.1) is 10.6 Å². The van der Waals surface area contributed by atoms with Crippen LogP contribution in [0.1, 0.15) is 23.1 Å². The first-order chi connectivity index (χ1) is 14.1. The van der Waals surface area contributed by atoms with Gasteiger partial charge < -0.3 is 4.42 Å². The second-order valence-electron chi connectivity index (χ2n) is 6.42. The Balaban J connectivity index is 1.64. The number of nitrogens with one attached hydrogen (secondary N) is 1. The van der Waals surface area contributed by atoms with Crippen LogP contribution in [0, 0.1) is 11.6 Å². The lowest BCUT2D eigenvalue weighted by Gasteiger charge is -2.16. The minimum Gasteiger partial charge on any atom is -0.419 e. The standard InChI is InChI=1S/C22H16ClF2N3O/c23-19-4-2-1-3-18(19)21-27-28-22(29-21)20(15-7-11-17(25)12-8-15)26-13-14-5-9-16(24)10-6-14/h1-12,20,26H,13H2/t20-/m0/s1. The van der Waals surface area contributed by atoms with Crippen LogP contribution < -0.4 is 5.32 Å². The molecular weight excluding hydrogens is 396 g/mol. The van der Waals surface area contributed by atoms with Gasteiger partial charge in [0, 0.05) is 6.54 Å². The van der Waals surface area contributed by atoms with E-state index in [1.807, 2.05) is 12.1 Å². The van der Waals surface area contributed by atoms with E-state index in [-0.39, 0.29) is 11.6 Å². The molecule has 0 saturated carbocycles. The van der Waals surface area contributed by atoms with Crippen molar-refractivity contribution in [2.45, 2.75) is 12.6 Å². The maximum absolute atomic E-state index is 13.4. The van der Waals surface area contributed by atoms with Crippen LogP contribution in [0.4, 0.5) is 8.78 Å². The van der Waals surface area contributed by atoms with Crippen molar-refractivity contribution in [3.05, 3.63) is 106 Å². The number of hydrogen-bond acceptors (Lipinski definition) is 4. The monoisotopic (exact) mass is 411 g/mol. The molecule has 29 heavy (non-hydrogen) atoms. The van der Waals surface area contributed by atoms with Crippen molar-refractivity contribution in [2.75, 3.05) is 0 Å². The SMILES string of the molecule is Fc1ccc(CN[C@@H](c2ccc(F)cc2)c2nnc(-c3ccccc3Cl)o2)cc1. The highest BCUT2D eigenvalue weighted by Gasteiger charge is 2.22. The van der Waals surface area contributed by atoms with Gasteiger partial charge >= 0.3 is 0 Å². The van der Waals surface area contributed by atoms with Crippen LogP contribution in [0.3, 0.4) is 0 Å². The molecule has 4 nitrogen and oxygen atoms in total. The zero-order valence-electron chi connectivity index (χ0n) is 15.1. The van der Waals surface area contributed by atoms with Gasteiger partial charge in [0.25, 0.3) is 0 Å². The summed E-state index contributed by atoms with van der Waals surface area (Å²) in [6.45, 7) is 0.423. The third-order valence-corrected chi connectivity index (χ3v) is 4.75. The number of hydrogen-bond donors (Lipinski definition) is 1. The van der Waals surface area contributed by atoms with Crippen LogP contribution in [-0.2, 0) is 6.54 Å². The largest absolute Gasteiger partial charge is 0.419 e. The topological polar surface area (TPSA) is 51.0 Å². The van der Waals surface area contributed by atoms with Gasteiger partial charge in [-0.1, -0.05) is 48.0 Å². The van der Waals surface area contributed by atoms with Crippen LogP contribution in [-0.4, -0.2) is 10.2 Å². The van der Waals surface area contributed by atoms with Gasteiger partial charge in [-0.3, -0.25) is 5.32 Å². The van der Waals surface area contributed by atoms with Crippen LogP contribution in [0.2, 0.25) is 5.02 Å². The van der Waals surface area contributed by atoms with E-state index < -0.39 is 6.04 Å². The van der Waals surface area contributed by atoms with Crippen molar-refractivity contribution in [3.8, 4) is 11.5 Å². The smallest absolute Gasteiger partial charge is 0.249 e. The Labute approximate surface area is 171 Å². The highest BCUT2D eigenvalue weighted by atomic mass is 35.5. The Morgan fingerprint density at radius 3 is 2.21 bits per heavy atom. The molecule has 3 aromatic carbocycles. The second kappa shape index (κ2) is 8.51. The summed E-state index contributed by atoms with van der Waals surface area (Å²) in [5.74, 6) is -0.0339. The predicted octanol–water partition coefficient (Wildman–Crippen LogP) is 5.55. The van der Waals surface area contributed by atoms with E-state index in [9.17, 15) is 8.78 Å². The Bertz CT molecular complexity index is 1100. The zero-order chi connectivity index (χ0) is 20.2. The van der Waals surface area contributed by atoms with Crippen molar-refractivity contribution in [1.29, 1.82) is 0 Å². The Morgan fingerprint density at radius 1 is 0.862 bits per heavy atom. The molecule has 0 fully saturated rings. The molecule has 4 aromatic rings. The number of halogens is 3. The number of aromatic nitrogens is 2. The average molecular weight is 412 g/mol. The lowest BCUT2D eigenvalue weighted by molar-refractivity contribution is 0.437. The molecule has 0 spiro atoms. The van der Waals surface area contributed by atoms with Gasteiger partial charge in [0.1, 0.15) is 17.7 Å². The summed E-state index contributed by atoms with van der Waals surface area (Å²) in [5.41, 5.74) is 2.26. The summed E-state index contributed by atoms with van der Waals surface area (Å²) in [5, 5.41) is 12.1. The van der Waals surface area contributed by atoms with Crippen molar-refractivity contribution in [2.24, 2.45) is 0 Å². The molecule has 4 rings (SSSR count). The Kier molecular flexibility index (Phi) is 5.64. The van der Waals surface area contributed by atoms with Gasteiger partial charge in [-0.2, -0.15) is 0 Å². The summed E-state index contributed by atoms with van der Waals surface area (Å²) in [4.78, 5) is 0. The molecule has 0 amide bonds. The Morgan fingerprint density at radius 2 is 1.52 bits per heavy atom. The fraction of sp³-hybridized carbons (Fsp3) is 0.0909. The molecule has 0 saturated heterocycles. The molecular formula is C22H16ClF2N3O. The molecule has 0 unspecified atom stereocenters. The minimum atomic E-state index is -0.482. The fourth-order valence-electron chi connectivity index (χ4n) is 2.92. The second-order valence-corrected chi connectivity index (χ2v) is 6.82. The third-order valence-electron chi connectivity index (χ3n) is 4.42. The maximum Gasteiger partial charge on any atom is 0.249 e. The van der Waals surface area contributed by atoms with E-state index in [0.29, 0.717) is 28.9 Å². The molecule has 0 aliphatic carbocycles. The van der Waals surface area contributed by atoms with Crippen molar-refractivity contribution >= 4 is 11.6 Å². The quantitative estimate of drug-likeness (QED) is 0.452. The average Bonchev–Trinajstić information content (AvgIpc) is 3.21. The summed E-state index contributed by atoms with van der Waals surface area (Å²) >= 11 is 6.22. The van der Waals surface area contributed by atoms with E-state index >= 15 is 0 Å². The third kappa shape index (κ3) is 4.50. The van der Waals surface area contributed by atoms with Crippen molar-refractivity contribution < 1.29 is 13.2 Å². The lowest BCUT2D eigenvalue weighted by atomic mass is 10.1. The maximum atomic E-state index is 13.4. The lowest BCUT2D eigenvalue weighted by Crippen LogP contribution is -2.22. The summed E-state index contributed by atoms with van der Waals surface area (Å²) < 4.78 is 32.4. The molecule has 1 atom stereocenters. The molecule has 7 heteroatoms. The summed E-state index contributed by atoms with van der Waals surface area (Å²) in [6.07, 6.45) is 0. The van der Waals surface area contributed by atoms with E-state index in [1.165, 1.54) is 24.3 Å². The molecule has 0 aliphatic heterocycles. The van der Waals surface area contributed by atoms with Gasteiger partial charge in [0.15, 0.2) is 0 Å². The highest BCUT2D eigenvalue weighted by Crippen LogP contribution is 2.29. The molecule has 1 N–H and O–H groups in total. The summed E-state index contributed by atoms with van der Waals surface area (Å²) in [7, 11) is 0. The zero-order valence-corrected chi connectivity index (χ0v) is 15.9. The van der Waals surface area contributed by atoms with E-state index in [2.05, 4.69) is 15.5 Å². The molecule has 146 valence electrons. The fourth-order valence-corrected chi connectivity index (χ4v) is 3.14. The minimum absolute atomic E-state index is 0.293. The van der Waals surface area contributed by atoms with Gasteiger partial charge in [-0.05, 0) is 47.5 Å². The van der Waals surface area contributed by atoms with Gasteiger partial charge in [0.2, 0.25) is 11.8 Å². The van der Waals surface area contributed by atoms with Crippen LogP contribution in [0.15, 0.2) is 77.2 Å². The van der Waals surface area contributed by atoms with Crippen molar-refractivity contribution in [3.63, 3.8) is 0 Å². The van der Waals surface area contributed by atoms with Crippen LogP contribution in [0.5, 0.6) is 0 Å². The molecule has 0 radical (unpaired) electrons. The van der Waals surface area contributed by atoms with Gasteiger partial charge in [-0.15, -0.1) is 10.2 Å². The first-order valence-electron chi connectivity index (χ1n) is 8.92. The molecule has 1 heterocycles. The first-order valence-corrected chi connectivity index (χ1v) is 9.29. The molecule has 1 aromatic heterocycles. The van der Waals surface area contributed by atoms with Crippen LogP contribution in [0.25, 0.3) is 11.5 Å². The normalized spacial score (nSPS) is 12.1. The van der Waals surface area contributed by atoms with E-state index in [4.69, 9.17) is 16.0 Å². The highest BCUT2D eigenvalue weighted by molar-refractivity contribution is 6.33. The molecule has 0 aliphatic rings. The number of nitrogens with zero attached hydrogens (tertiary/aromatic N) is 2. The van der Waals surface area contributed by atoms with E-state index in [0.717, 1.165) is 11.1 Å². The number of benzene rings is 3.